The molecule has 0 spiro atoms. The molecule has 0 bridgehead atoms. The van der Waals surface area contributed by atoms with E-state index in [4.69, 9.17) is 0 Å². The highest BCUT2D eigenvalue weighted by Crippen LogP contribution is 2.27. The van der Waals surface area contributed by atoms with Crippen LogP contribution in [0.5, 0.6) is 0 Å². The van der Waals surface area contributed by atoms with E-state index in [0.29, 0.717) is 6.04 Å². The highest BCUT2D eigenvalue weighted by atomic mass is 127. The van der Waals surface area contributed by atoms with Gasteiger partial charge in [0.1, 0.15) is 0 Å². The van der Waals surface area contributed by atoms with Crippen molar-refractivity contribution in [3.63, 3.8) is 0 Å². The first-order chi connectivity index (χ1) is 8.69. The van der Waals surface area contributed by atoms with Crippen LogP contribution in [-0.2, 0) is 6.42 Å². The van der Waals surface area contributed by atoms with Gasteiger partial charge in [-0.25, -0.2) is 0 Å². The third-order valence-corrected chi connectivity index (χ3v) is 5.12. The molecule has 1 heterocycles. The zero-order valence-corrected chi connectivity index (χ0v) is 14.7. The second kappa shape index (κ2) is 7.03. The van der Waals surface area contributed by atoms with Crippen molar-refractivity contribution in [1.29, 1.82) is 0 Å². The number of hydrogen-bond acceptors (Lipinski definition) is 2. The molecule has 1 aromatic heterocycles. The van der Waals surface area contributed by atoms with Crippen molar-refractivity contribution < 1.29 is 0 Å². The van der Waals surface area contributed by atoms with E-state index in [0.717, 1.165) is 13.0 Å². The molecule has 0 aliphatic carbocycles. The van der Waals surface area contributed by atoms with Crippen LogP contribution >= 0.6 is 49.9 Å². The molecule has 0 amide bonds. The lowest BCUT2D eigenvalue weighted by Crippen LogP contribution is -2.22. The Kier molecular flexibility index (Phi) is 5.66. The zero-order chi connectivity index (χ0) is 13.0. The van der Waals surface area contributed by atoms with E-state index in [9.17, 15) is 0 Å². The Hall–Kier alpha value is 0.0900. The summed E-state index contributed by atoms with van der Waals surface area (Å²) in [6.45, 7) is 3.15. The molecule has 4 heteroatoms. The van der Waals surface area contributed by atoms with E-state index in [1.54, 1.807) is 0 Å². The summed E-state index contributed by atoms with van der Waals surface area (Å²) in [6, 6.07) is 13.5. The first-order valence-electron chi connectivity index (χ1n) is 5.92. The van der Waals surface area contributed by atoms with Gasteiger partial charge in [0.15, 0.2) is 0 Å². The molecule has 0 fully saturated rings. The van der Waals surface area contributed by atoms with Crippen LogP contribution in [-0.4, -0.2) is 6.54 Å². The van der Waals surface area contributed by atoms with Crippen molar-refractivity contribution in [2.75, 3.05) is 6.54 Å². The van der Waals surface area contributed by atoms with Crippen LogP contribution in [0.1, 0.15) is 23.4 Å². The van der Waals surface area contributed by atoms with E-state index in [1.807, 2.05) is 11.3 Å². The lowest BCUT2D eigenvalue weighted by Gasteiger charge is -2.17. The number of rotatable bonds is 5. The van der Waals surface area contributed by atoms with Crippen LogP contribution < -0.4 is 5.32 Å². The molecular weight excluding hydrogens is 421 g/mol. The predicted molar refractivity (Wildman–Crippen MR) is 91.3 cm³/mol. The minimum Gasteiger partial charge on any atom is -0.310 e. The summed E-state index contributed by atoms with van der Waals surface area (Å²) in [5.41, 5.74) is 1.36. The molecule has 0 saturated carbocycles. The smallest absolute Gasteiger partial charge is 0.0701 e. The SMILES string of the molecule is CCNC(Cc1ccc(Br)s1)c1ccc(I)cc1. The van der Waals surface area contributed by atoms with Crippen LogP contribution in [0.3, 0.4) is 0 Å². The molecule has 1 atom stereocenters. The van der Waals surface area contributed by atoms with Gasteiger partial charge in [0, 0.05) is 20.9 Å². The van der Waals surface area contributed by atoms with E-state index in [1.165, 1.54) is 17.8 Å². The minimum atomic E-state index is 0.401. The van der Waals surface area contributed by atoms with Crippen LogP contribution in [0.4, 0.5) is 0 Å². The molecule has 1 aromatic carbocycles. The molecule has 18 heavy (non-hydrogen) atoms. The fraction of sp³-hybridized carbons (Fsp3) is 0.286. The molecule has 2 aromatic rings. The largest absolute Gasteiger partial charge is 0.310 e. The Bertz CT molecular complexity index is 495. The molecule has 1 nitrogen and oxygen atoms in total. The number of nitrogens with one attached hydrogen (secondary N) is 1. The molecular formula is C14H15BrINS. The van der Waals surface area contributed by atoms with Crippen LogP contribution in [0.25, 0.3) is 0 Å². The molecule has 1 unspecified atom stereocenters. The average Bonchev–Trinajstić information content (AvgIpc) is 2.75. The lowest BCUT2D eigenvalue weighted by atomic mass is 10.0. The minimum absolute atomic E-state index is 0.401. The predicted octanol–water partition coefficient (Wildman–Crippen LogP) is 5.01. The first-order valence-corrected chi connectivity index (χ1v) is 8.61. The number of halogens is 2. The van der Waals surface area contributed by atoms with Crippen molar-refractivity contribution in [3.8, 4) is 0 Å². The Morgan fingerprint density at radius 1 is 1.22 bits per heavy atom. The summed E-state index contributed by atoms with van der Waals surface area (Å²) in [5.74, 6) is 0. The lowest BCUT2D eigenvalue weighted by molar-refractivity contribution is 0.553. The Balaban J connectivity index is 2.14. The van der Waals surface area contributed by atoms with Crippen molar-refractivity contribution in [1.82, 2.24) is 5.32 Å². The Morgan fingerprint density at radius 3 is 2.50 bits per heavy atom. The van der Waals surface area contributed by atoms with Gasteiger partial charge in [0.05, 0.1) is 3.79 Å². The molecule has 1 N–H and O–H groups in total. The van der Waals surface area contributed by atoms with Gasteiger partial charge in [-0.1, -0.05) is 19.1 Å². The maximum atomic E-state index is 3.57. The third-order valence-electron chi connectivity index (χ3n) is 2.76. The second-order valence-electron chi connectivity index (χ2n) is 4.07. The van der Waals surface area contributed by atoms with Crippen molar-refractivity contribution in [2.45, 2.75) is 19.4 Å². The summed E-state index contributed by atoms with van der Waals surface area (Å²) in [6.07, 6.45) is 1.05. The number of benzene rings is 1. The van der Waals surface area contributed by atoms with Gasteiger partial charge in [-0.3, -0.25) is 0 Å². The van der Waals surface area contributed by atoms with Gasteiger partial charge in [-0.15, -0.1) is 11.3 Å². The zero-order valence-electron chi connectivity index (χ0n) is 10.1. The highest BCUT2D eigenvalue weighted by molar-refractivity contribution is 14.1. The van der Waals surface area contributed by atoms with Gasteiger partial charge in [-0.2, -0.15) is 0 Å². The van der Waals surface area contributed by atoms with E-state index in [2.05, 4.69) is 87.2 Å². The second-order valence-corrected chi connectivity index (χ2v) is 7.86. The van der Waals surface area contributed by atoms with Gasteiger partial charge < -0.3 is 5.32 Å². The quantitative estimate of drug-likeness (QED) is 0.651. The van der Waals surface area contributed by atoms with Crippen LogP contribution in [0.15, 0.2) is 40.2 Å². The maximum absolute atomic E-state index is 3.57. The van der Waals surface area contributed by atoms with Crippen molar-refractivity contribution in [2.24, 2.45) is 0 Å². The summed E-state index contributed by atoms with van der Waals surface area (Å²) in [5, 5.41) is 3.57. The third kappa shape index (κ3) is 4.05. The van der Waals surface area contributed by atoms with Crippen LogP contribution in [0, 0.1) is 3.57 Å². The van der Waals surface area contributed by atoms with Gasteiger partial charge in [0.2, 0.25) is 0 Å². The highest BCUT2D eigenvalue weighted by Gasteiger charge is 2.12. The average molecular weight is 436 g/mol. The first kappa shape index (κ1) is 14.5. The van der Waals surface area contributed by atoms with E-state index in [-0.39, 0.29) is 0 Å². The van der Waals surface area contributed by atoms with Gasteiger partial charge in [-0.05, 0) is 74.9 Å². The fourth-order valence-corrected chi connectivity index (χ4v) is 3.80. The molecule has 0 aliphatic rings. The summed E-state index contributed by atoms with van der Waals surface area (Å²) in [7, 11) is 0. The van der Waals surface area contributed by atoms with Crippen molar-refractivity contribution >= 4 is 49.9 Å². The molecule has 0 aliphatic heterocycles. The fourth-order valence-electron chi connectivity index (χ4n) is 1.91. The topological polar surface area (TPSA) is 12.0 Å². The monoisotopic (exact) mass is 435 g/mol. The standard InChI is InChI=1S/C14H15BrINS/c1-2-17-13(9-12-7-8-14(15)18-12)10-3-5-11(16)6-4-10/h3-8,13,17H,2,9H2,1H3. The van der Waals surface area contributed by atoms with E-state index < -0.39 is 0 Å². The number of thiophene rings is 1. The maximum Gasteiger partial charge on any atom is 0.0701 e. The summed E-state index contributed by atoms with van der Waals surface area (Å²) < 4.78 is 2.49. The molecule has 2 rings (SSSR count). The molecule has 0 saturated heterocycles. The number of likely N-dealkylation sites (N-methyl/N-ethyl adjacent to an activating group) is 1. The molecule has 0 radical (unpaired) electrons. The summed E-state index contributed by atoms with van der Waals surface area (Å²) in [4.78, 5) is 1.41. The van der Waals surface area contributed by atoms with E-state index >= 15 is 0 Å². The van der Waals surface area contributed by atoms with Crippen LogP contribution in [0.2, 0.25) is 0 Å². The van der Waals surface area contributed by atoms with Gasteiger partial charge in [0.25, 0.3) is 0 Å². The number of hydrogen-bond donors (Lipinski definition) is 1. The summed E-state index contributed by atoms with van der Waals surface area (Å²) >= 11 is 7.68. The Morgan fingerprint density at radius 2 is 1.94 bits per heavy atom. The van der Waals surface area contributed by atoms with Gasteiger partial charge >= 0.3 is 0 Å². The molecule has 96 valence electrons. The Labute approximate surface area is 134 Å². The van der Waals surface area contributed by atoms with Crippen molar-refractivity contribution in [3.05, 3.63) is 54.2 Å². The normalized spacial score (nSPS) is 12.6.